The molecule has 4 atom stereocenters. The molecule has 1 aromatic heterocycles. The number of hydrogen-bond acceptors (Lipinski definition) is 2. The summed E-state index contributed by atoms with van der Waals surface area (Å²) in [5.41, 5.74) is 2.92. The second-order valence-corrected chi connectivity index (χ2v) is 8.45. The summed E-state index contributed by atoms with van der Waals surface area (Å²) >= 11 is 0. The monoisotopic (exact) mass is 302 g/mol. The number of furan rings is 1. The van der Waals surface area contributed by atoms with Gasteiger partial charge in [0, 0.05) is 0 Å². The Balaban J connectivity index is 1.86. The van der Waals surface area contributed by atoms with Crippen molar-refractivity contribution in [1.29, 1.82) is 0 Å². The molecule has 0 saturated heterocycles. The van der Waals surface area contributed by atoms with Crippen molar-refractivity contribution in [3.63, 3.8) is 0 Å². The van der Waals surface area contributed by atoms with Gasteiger partial charge in [0.25, 0.3) is 0 Å². The molecule has 2 aliphatic rings. The van der Waals surface area contributed by atoms with E-state index in [4.69, 9.17) is 4.42 Å². The molecule has 122 valence electrons. The van der Waals surface area contributed by atoms with Crippen molar-refractivity contribution in [3.8, 4) is 0 Å². The van der Waals surface area contributed by atoms with Crippen LogP contribution in [-0.4, -0.2) is 11.2 Å². The quantitative estimate of drug-likeness (QED) is 0.799. The molecular weight excluding hydrogens is 272 g/mol. The summed E-state index contributed by atoms with van der Waals surface area (Å²) in [7, 11) is 0. The van der Waals surface area contributed by atoms with Crippen LogP contribution in [-0.2, 0) is 6.42 Å². The molecule has 1 aromatic rings. The number of aryl methyl sites for hydroxylation is 1. The summed E-state index contributed by atoms with van der Waals surface area (Å²) in [6, 6.07) is 2.05. The van der Waals surface area contributed by atoms with Crippen molar-refractivity contribution in [3.05, 3.63) is 36.3 Å². The second-order valence-electron chi connectivity index (χ2n) is 8.45. The van der Waals surface area contributed by atoms with E-state index in [9.17, 15) is 5.11 Å². The average Bonchev–Trinajstić information content (AvgIpc) is 2.94. The van der Waals surface area contributed by atoms with Crippen LogP contribution < -0.4 is 0 Å². The molecule has 1 heterocycles. The second kappa shape index (κ2) is 5.56. The van der Waals surface area contributed by atoms with Crippen LogP contribution in [0.15, 0.2) is 35.2 Å². The van der Waals surface area contributed by atoms with E-state index in [2.05, 4.69) is 27.4 Å². The Morgan fingerprint density at radius 1 is 1.32 bits per heavy atom. The predicted octanol–water partition coefficient (Wildman–Crippen LogP) is 4.98. The average molecular weight is 302 g/mol. The van der Waals surface area contributed by atoms with Crippen LogP contribution in [0.3, 0.4) is 0 Å². The van der Waals surface area contributed by atoms with Crippen LogP contribution in [0.2, 0.25) is 0 Å². The Morgan fingerprint density at radius 3 is 2.77 bits per heavy atom. The van der Waals surface area contributed by atoms with Gasteiger partial charge in [-0.3, -0.25) is 0 Å². The van der Waals surface area contributed by atoms with Crippen LogP contribution >= 0.6 is 0 Å². The van der Waals surface area contributed by atoms with E-state index < -0.39 is 0 Å². The molecule has 2 heteroatoms. The summed E-state index contributed by atoms with van der Waals surface area (Å²) in [6.45, 7) is 11.5. The van der Waals surface area contributed by atoms with Gasteiger partial charge in [0.05, 0.1) is 18.6 Å². The minimum atomic E-state index is -0.329. The largest absolute Gasteiger partial charge is 0.472 e. The minimum absolute atomic E-state index is 0.280. The topological polar surface area (TPSA) is 33.4 Å². The maximum absolute atomic E-state index is 10.6. The van der Waals surface area contributed by atoms with E-state index in [0.717, 1.165) is 24.8 Å². The first-order valence-corrected chi connectivity index (χ1v) is 8.72. The first-order chi connectivity index (χ1) is 10.3. The molecular formula is C20H30O2. The lowest BCUT2D eigenvalue weighted by Gasteiger charge is -2.59. The third kappa shape index (κ3) is 2.56. The lowest BCUT2D eigenvalue weighted by molar-refractivity contribution is -0.0834. The molecule has 0 bridgehead atoms. The zero-order valence-corrected chi connectivity index (χ0v) is 14.3. The Hall–Kier alpha value is -1.02. The van der Waals surface area contributed by atoms with Crippen LogP contribution in [0.4, 0.5) is 0 Å². The molecule has 0 spiro atoms. The molecule has 0 aromatic carbocycles. The zero-order valence-electron chi connectivity index (χ0n) is 14.3. The van der Waals surface area contributed by atoms with Crippen molar-refractivity contribution in [2.24, 2.45) is 22.7 Å². The number of aliphatic hydroxyl groups excluding tert-OH is 1. The molecule has 2 saturated carbocycles. The normalized spacial score (nSPS) is 37.8. The number of fused-ring (bicyclic) bond motifs is 1. The van der Waals surface area contributed by atoms with Gasteiger partial charge < -0.3 is 9.52 Å². The third-order valence-corrected chi connectivity index (χ3v) is 6.71. The van der Waals surface area contributed by atoms with E-state index >= 15 is 0 Å². The van der Waals surface area contributed by atoms with Crippen LogP contribution in [0.5, 0.6) is 0 Å². The maximum atomic E-state index is 10.6. The number of rotatable bonds is 3. The number of aliphatic hydroxyl groups is 1. The van der Waals surface area contributed by atoms with Gasteiger partial charge >= 0.3 is 0 Å². The Bertz CT molecular complexity index is 528. The van der Waals surface area contributed by atoms with Gasteiger partial charge in [-0.1, -0.05) is 33.8 Å². The summed E-state index contributed by atoms with van der Waals surface area (Å²) in [6.07, 6.45) is 10.1. The first-order valence-electron chi connectivity index (χ1n) is 8.72. The van der Waals surface area contributed by atoms with E-state index in [-0.39, 0.29) is 11.5 Å². The molecule has 1 N–H and O–H groups in total. The molecule has 0 amide bonds. The fourth-order valence-corrected chi connectivity index (χ4v) is 5.46. The molecule has 3 rings (SSSR count). The molecule has 2 aliphatic carbocycles. The fraction of sp³-hybridized carbons (Fsp3) is 0.700. The highest BCUT2D eigenvalue weighted by Gasteiger charge is 2.54. The highest BCUT2D eigenvalue weighted by molar-refractivity contribution is 5.21. The number of hydrogen-bond donors (Lipinski definition) is 1. The van der Waals surface area contributed by atoms with Crippen LogP contribution in [0.1, 0.15) is 58.4 Å². The lowest BCUT2D eigenvalue weighted by atomic mass is 9.46. The van der Waals surface area contributed by atoms with Crippen LogP contribution in [0, 0.1) is 22.7 Å². The standard InChI is InChI=1S/C20H30O2/c1-14-16(7-6-15-8-11-22-13-15)20(4)10-5-9-19(2,3)18(20)12-17(14)21/h8,11,13,16-18,21H,1,5-7,9-10,12H2,2-4H3/t16-,17+,18-,20+/m1/s1. The molecule has 2 nitrogen and oxygen atoms in total. The Labute approximate surface area is 134 Å². The van der Waals surface area contributed by atoms with Gasteiger partial charge in [-0.15, -0.1) is 0 Å². The molecule has 22 heavy (non-hydrogen) atoms. The Kier molecular flexibility index (Phi) is 4.01. The Morgan fingerprint density at radius 2 is 2.09 bits per heavy atom. The van der Waals surface area contributed by atoms with E-state index in [1.54, 1.807) is 6.26 Å². The van der Waals surface area contributed by atoms with E-state index in [0.29, 0.717) is 17.3 Å². The van der Waals surface area contributed by atoms with E-state index in [1.165, 1.54) is 24.8 Å². The van der Waals surface area contributed by atoms with Crippen molar-refractivity contribution >= 4 is 0 Å². The lowest BCUT2D eigenvalue weighted by Crippen LogP contribution is -2.52. The smallest absolute Gasteiger partial charge is 0.0934 e. The molecule has 0 unspecified atom stereocenters. The van der Waals surface area contributed by atoms with Crippen molar-refractivity contribution in [2.75, 3.05) is 0 Å². The van der Waals surface area contributed by atoms with Crippen molar-refractivity contribution in [2.45, 2.75) is 65.4 Å². The van der Waals surface area contributed by atoms with Gasteiger partial charge in [0.2, 0.25) is 0 Å². The summed E-state index contributed by atoms with van der Waals surface area (Å²) in [5.74, 6) is 0.999. The van der Waals surface area contributed by atoms with Gasteiger partial charge in [-0.05, 0) is 72.0 Å². The van der Waals surface area contributed by atoms with Gasteiger partial charge in [-0.25, -0.2) is 0 Å². The molecule has 0 aliphatic heterocycles. The van der Waals surface area contributed by atoms with Crippen molar-refractivity contribution in [1.82, 2.24) is 0 Å². The first kappa shape index (κ1) is 15.9. The van der Waals surface area contributed by atoms with Crippen LogP contribution in [0.25, 0.3) is 0 Å². The molecule has 0 radical (unpaired) electrons. The van der Waals surface area contributed by atoms with Gasteiger partial charge in [-0.2, -0.15) is 0 Å². The fourth-order valence-electron chi connectivity index (χ4n) is 5.46. The van der Waals surface area contributed by atoms with Gasteiger partial charge in [0.15, 0.2) is 0 Å². The predicted molar refractivity (Wildman–Crippen MR) is 89.5 cm³/mol. The minimum Gasteiger partial charge on any atom is -0.472 e. The van der Waals surface area contributed by atoms with Gasteiger partial charge in [0.1, 0.15) is 0 Å². The summed E-state index contributed by atoms with van der Waals surface area (Å²) in [5, 5.41) is 10.6. The highest BCUT2D eigenvalue weighted by atomic mass is 16.3. The summed E-state index contributed by atoms with van der Waals surface area (Å²) in [4.78, 5) is 0. The summed E-state index contributed by atoms with van der Waals surface area (Å²) < 4.78 is 5.20. The van der Waals surface area contributed by atoms with E-state index in [1.807, 2.05) is 12.3 Å². The molecule has 2 fully saturated rings. The zero-order chi connectivity index (χ0) is 16.0. The third-order valence-electron chi connectivity index (χ3n) is 6.71. The maximum Gasteiger partial charge on any atom is 0.0934 e. The SMILES string of the molecule is C=C1[C@@H](CCc2ccoc2)[C@]2(C)CCCC(C)(C)[C@H]2C[C@@H]1O. The van der Waals surface area contributed by atoms with Crippen molar-refractivity contribution < 1.29 is 9.52 Å². The highest BCUT2D eigenvalue weighted by Crippen LogP contribution is 2.61.